The number of pyridine rings is 1. The van der Waals surface area contributed by atoms with Crippen LogP contribution in [0.2, 0.25) is 0 Å². The van der Waals surface area contributed by atoms with Crippen molar-refractivity contribution in [3.05, 3.63) is 40.2 Å². The van der Waals surface area contributed by atoms with Gasteiger partial charge in [0.05, 0.1) is 11.7 Å². The molecule has 132 valence electrons. The highest BCUT2D eigenvalue weighted by atomic mass is 31.2. The van der Waals surface area contributed by atoms with Gasteiger partial charge in [0, 0.05) is 30.7 Å². The standard InChI is InChI=1S/C14H16F3N2O4P/c1-19-11-7-9(18-5-2-6-24(21,22)23)3-4-10(11)12(20)8-13(19)14(15,16)17/h3-4,7-8,18H,2,5-6H2,1H3,(H2,21,22,23). The topological polar surface area (TPSA) is 91.6 Å². The van der Waals surface area contributed by atoms with Gasteiger partial charge in [0.1, 0.15) is 5.69 Å². The molecule has 0 bridgehead atoms. The Kier molecular flexibility index (Phi) is 5.08. The monoisotopic (exact) mass is 364 g/mol. The molecule has 0 atom stereocenters. The number of nitrogens with zero attached hydrogens (tertiary/aromatic N) is 1. The van der Waals surface area contributed by atoms with Gasteiger partial charge in [-0.05, 0) is 24.6 Å². The van der Waals surface area contributed by atoms with Gasteiger partial charge in [0.2, 0.25) is 0 Å². The molecular formula is C14H16F3N2O4P. The normalized spacial score (nSPS) is 12.6. The smallest absolute Gasteiger partial charge is 0.385 e. The Balaban J connectivity index is 2.31. The minimum absolute atomic E-state index is 0.120. The van der Waals surface area contributed by atoms with Gasteiger partial charge in [-0.1, -0.05) is 0 Å². The van der Waals surface area contributed by atoms with E-state index in [0.29, 0.717) is 11.8 Å². The quantitative estimate of drug-likeness (QED) is 0.560. The van der Waals surface area contributed by atoms with E-state index in [0.717, 1.165) is 4.57 Å². The predicted octanol–water partition coefficient (Wildman–Crippen LogP) is 2.54. The summed E-state index contributed by atoms with van der Waals surface area (Å²) in [5, 5.41) is 3.03. The molecule has 24 heavy (non-hydrogen) atoms. The third kappa shape index (κ3) is 4.37. The van der Waals surface area contributed by atoms with E-state index >= 15 is 0 Å². The van der Waals surface area contributed by atoms with E-state index in [-0.39, 0.29) is 30.0 Å². The van der Waals surface area contributed by atoms with Crippen molar-refractivity contribution >= 4 is 24.2 Å². The van der Waals surface area contributed by atoms with Crippen molar-refractivity contribution in [1.29, 1.82) is 0 Å². The summed E-state index contributed by atoms with van der Waals surface area (Å²) in [7, 11) is -2.85. The molecular weight excluding hydrogens is 348 g/mol. The summed E-state index contributed by atoms with van der Waals surface area (Å²) in [6, 6.07) is 4.93. The van der Waals surface area contributed by atoms with E-state index in [1.54, 1.807) is 0 Å². The zero-order valence-corrected chi connectivity index (χ0v) is 13.6. The molecule has 1 aromatic heterocycles. The van der Waals surface area contributed by atoms with E-state index in [1.165, 1.54) is 25.2 Å². The number of aromatic nitrogens is 1. The van der Waals surface area contributed by atoms with Crippen molar-refractivity contribution in [2.45, 2.75) is 12.6 Å². The van der Waals surface area contributed by atoms with Crippen molar-refractivity contribution in [2.75, 3.05) is 18.0 Å². The highest BCUT2D eigenvalue weighted by Crippen LogP contribution is 2.34. The molecule has 1 heterocycles. The highest BCUT2D eigenvalue weighted by molar-refractivity contribution is 7.51. The third-order valence-corrected chi connectivity index (χ3v) is 4.40. The largest absolute Gasteiger partial charge is 0.431 e. The van der Waals surface area contributed by atoms with Crippen LogP contribution in [0.5, 0.6) is 0 Å². The van der Waals surface area contributed by atoms with E-state index in [4.69, 9.17) is 9.79 Å². The maximum absolute atomic E-state index is 13.0. The summed E-state index contributed by atoms with van der Waals surface area (Å²) in [6.07, 6.45) is -4.73. The second-order valence-corrected chi connectivity index (χ2v) is 7.13. The molecule has 2 rings (SSSR count). The van der Waals surface area contributed by atoms with Gasteiger partial charge in [-0.3, -0.25) is 9.36 Å². The molecule has 0 saturated carbocycles. The van der Waals surface area contributed by atoms with Gasteiger partial charge >= 0.3 is 13.8 Å². The van der Waals surface area contributed by atoms with Crippen molar-refractivity contribution in [1.82, 2.24) is 4.57 Å². The lowest BCUT2D eigenvalue weighted by molar-refractivity contribution is -0.143. The number of nitrogens with one attached hydrogen (secondary N) is 1. The van der Waals surface area contributed by atoms with Crippen LogP contribution in [-0.4, -0.2) is 27.1 Å². The number of hydrogen-bond acceptors (Lipinski definition) is 3. The Morgan fingerprint density at radius 3 is 2.50 bits per heavy atom. The lowest BCUT2D eigenvalue weighted by atomic mass is 10.1. The summed E-state index contributed by atoms with van der Waals surface area (Å²) in [6.45, 7) is 0.240. The number of fused-ring (bicyclic) bond motifs is 1. The maximum atomic E-state index is 13.0. The molecule has 2 aromatic rings. The summed E-state index contributed by atoms with van der Waals surface area (Å²) in [5.74, 6) is 0. The second-order valence-electron chi connectivity index (χ2n) is 5.35. The lowest BCUT2D eigenvalue weighted by Gasteiger charge is -2.16. The first-order valence-corrected chi connectivity index (χ1v) is 8.78. The van der Waals surface area contributed by atoms with E-state index < -0.39 is 24.9 Å². The molecule has 10 heteroatoms. The van der Waals surface area contributed by atoms with Gasteiger partial charge < -0.3 is 19.7 Å². The van der Waals surface area contributed by atoms with Gasteiger partial charge in [-0.15, -0.1) is 0 Å². The zero-order valence-electron chi connectivity index (χ0n) is 12.7. The number of benzene rings is 1. The summed E-state index contributed by atoms with van der Waals surface area (Å²) in [5.41, 5.74) is -1.18. The molecule has 6 nitrogen and oxygen atoms in total. The van der Waals surface area contributed by atoms with Crippen molar-refractivity contribution < 1.29 is 27.5 Å². The van der Waals surface area contributed by atoms with E-state index in [9.17, 15) is 22.5 Å². The molecule has 0 fully saturated rings. The van der Waals surface area contributed by atoms with Crippen molar-refractivity contribution in [3.8, 4) is 0 Å². The Morgan fingerprint density at radius 1 is 1.25 bits per heavy atom. The SMILES string of the molecule is Cn1c(C(F)(F)F)cc(=O)c2ccc(NCCCP(=O)(O)O)cc21. The molecule has 0 radical (unpaired) electrons. The van der Waals surface area contributed by atoms with Crippen LogP contribution in [0.15, 0.2) is 29.1 Å². The number of alkyl halides is 3. The molecule has 0 aliphatic heterocycles. The molecule has 0 unspecified atom stereocenters. The average Bonchev–Trinajstić information content (AvgIpc) is 2.45. The third-order valence-electron chi connectivity index (χ3n) is 3.50. The van der Waals surface area contributed by atoms with Crippen LogP contribution in [0.3, 0.4) is 0 Å². The molecule has 0 aliphatic rings. The van der Waals surface area contributed by atoms with Gasteiger partial charge in [-0.2, -0.15) is 13.2 Å². The van der Waals surface area contributed by atoms with Crippen LogP contribution in [0.4, 0.5) is 18.9 Å². The van der Waals surface area contributed by atoms with Crippen molar-refractivity contribution in [3.63, 3.8) is 0 Å². The van der Waals surface area contributed by atoms with Gasteiger partial charge in [0.15, 0.2) is 5.43 Å². The maximum Gasteiger partial charge on any atom is 0.431 e. The second kappa shape index (κ2) is 6.58. The molecule has 0 amide bonds. The molecule has 1 aromatic carbocycles. The van der Waals surface area contributed by atoms with Crippen LogP contribution < -0.4 is 10.7 Å². The predicted molar refractivity (Wildman–Crippen MR) is 84.2 cm³/mol. The number of hydrogen-bond donors (Lipinski definition) is 3. The number of halogens is 3. The van der Waals surface area contributed by atoms with Crippen LogP contribution in [0.25, 0.3) is 10.9 Å². The molecule has 0 aliphatic carbocycles. The number of aryl methyl sites for hydroxylation is 1. The first-order valence-electron chi connectivity index (χ1n) is 6.98. The molecule has 0 spiro atoms. The van der Waals surface area contributed by atoms with Crippen LogP contribution >= 0.6 is 7.60 Å². The number of anilines is 1. The summed E-state index contributed by atoms with van der Waals surface area (Å²) >= 11 is 0. The Labute approximate surface area is 135 Å². The first kappa shape index (κ1) is 18.5. The van der Waals surface area contributed by atoms with E-state index in [1.807, 2.05) is 0 Å². The van der Waals surface area contributed by atoms with Gasteiger partial charge in [-0.25, -0.2) is 0 Å². The van der Waals surface area contributed by atoms with Gasteiger partial charge in [0.25, 0.3) is 0 Å². The Bertz CT molecular complexity index is 857. The minimum atomic E-state index is -4.64. The Hall–Kier alpha value is -1.83. The van der Waals surface area contributed by atoms with Crippen LogP contribution in [0.1, 0.15) is 12.1 Å². The van der Waals surface area contributed by atoms with Crippen molar-refractivity contribution in [2.24, 2.45) is 7.05 Å². The fourth-order valence-electron chi connectivity index (χ4n) is 2.35. The fraction of sp³-hybridized carbons (Fsp3) is 0.357. The molecule has 3 N–H and O–H groups in total. The average molecular weight is 364 g/mol. The lowest BCUT2D eigenvalue weighted by Crippen LogP contribution is -2.19. The first-order chi connectivity index (χ1) is 11.0. The summed E-state index contributed by atoms with van der Waals surface area (Å²) in [4.78, 5) is 29.4. The van der Waals surface area contributed by atoms with Crippen LogP contribution in [0, 0.1) is 0 Å². The highest BCUT2D eigenvalue weighted by Gasteiger charge is 2.34. The fourth-order valence-corrected chi connectivity index (χ4v) is 2.92. The summed E-state index contributed by atoms with van der Waals surface area (Å²) < 4.78 is 50.6. The zero-order chi connectivity index (χ0) is 18.1. The Morgan fingerprint density at radius 2 is 1.92 bits per heavy atom. The minimum Gasteiger partial charge on any atom is -0.385 e. The van der Waals surface area contributed by atoms with E-state index in [2.05, 4.69) is 5.32 Å². The van der Waals surface area contributed by atoms with Crippen LogP contribution in [-0.2, 0) is 17.8 Å². The molecule has 0 saturated heterocycles. The number of rotatable bonds is 5.